The molecule has 0 aliphatic heterocycles. The summed E-state index contributed by atoms with van der Waals surface area (Å²) in [5.41, 5.74) is 0.787. The van der Waals surface area contributed by atoms with E-state index in [1.165, 1.54) is 25.3 Å². The van der Waals surface area contributed by atoms with Gasteiger partial charge in [-0.1, -0.05) is 6.07 Å². The van der Waals surface area contributed by atoms with Crippen molar-refractivity contribution in [2.24, 2.45) is 0 Å². The minimum atomic E-state index is -0.807. The molecule has 5 nitrogen and oxygen atoms in total. The van der Waals surface area contributed by atoms with E-state index in [2.05, 4.69) is 5.32 Å². The molecule has 1 unspecified atom stereocenters. The van der Waals surface area contributed by atoms with Gasteiger partial charge in [-0.15, -0.1) is 0 Å². The van der Waals surface area contributed by atoms with Crippen molar-refractivity contribution in [1.29, 1.82) is 5.26 Å². The zero-order valence-corrected chi connectivity index (χ0v) is 12.7. The number of carbonyl (C=O) groups is 1. The van der Waals surface area contributed by atoms with Crippen molar-refractivity contribution in [2.75, 3.05) is 12.4 Å². The molecule has 6 heteroatoms. The number of hydrogen-bond acceptors (Lipinski definition) is 4. The Labute approximate surface area is 133 Å². The van der Waals surface area contributed by atoms with Gasteiger partial charge in [0.25, 0.3) is 5.91 Å². The van der Waals surface area contributed by atoms with Gasteiger partial charge < -0.3 is 14.8 Å². The summed E-state index contributed by atoms with van der Waals surface area (Å²) in [5, 5.41) is 11.5. The van der Waals surface area contributed by atoms with Crippen molar-refractivity contribution in [3.63, 3.8) is 0 Å². The largest absolute Gasteiger partial charge is 0.494 e. The molecule has 1 atom stereocenters. The smallest absolute Gasteiger partial charge is 0.265 e. The van der Waals surface area contributed by atoms with Crippen LogP contribution in [0, 0.1) is 17.1 Å². The highest BCUT2D eigenvalue weighted by Gasteiger charge is 2.17. The van der Waals surface area contributed by atoms with Gasteiger partial charge >= 0.3 is 0 Å². The fraction of sp³-hybridized carbons (Fsp3) is 0.176. The number of anilines is 1. The van der Waals surface area contributed by atoms with Crippen molar-refractivity contribution in [3.8, 4) is 17.6 Å². The Kier molecular flexibility index (Phi) is 5.15. The summed E-state index contributed by atoms with van der Waals surface area (Å²) in [7, 11) is 1.39. The quantitative estimate of drug-likeness (QED) is 0.920. The molecule has 23 heavy (non-hydrogen) atoms. The minimum absolute atomic E-state index is 0.219. The Hall–Kier alpha value is -3.07. The normalized spacial score (nSPS) is 11.2. The molecule has 0 heterocycles. The monoisotopic (exact) mass is 314 g/mol. The Morgan fingerprint density at radius 2 is 2.09 bits per heavy atom. The van der Waals surface area contributed by atoms with Crippen LogP contribution in [0.5, 0.6) is 11.5 Å². The fourth-order valence-corrected chi connectivity index (χ4v) is 1.90. The molecule has 1 N–H and O–H groups in total. The first kappa shape index (κ1) is 16.3. The maximum atomic E-state index is 13.1. The molecule has 2 aromatic rings. The van der Waals surface area contributed by atoms with Gasteiger partial charge in [0.05, 0.1) is 24.4 Å². The van der Waals surface area contributed by atoms with Crippen LogP contribution >= 0.6 is 0 Å². The Bertz CT molecular complexity index is 756. The molecule has 0 aromatic heterocycles. The lowest BCUT2D eigenvalue weighted by atomic mass is 10.2. The minimum Gasteiger partial charge on any atom is -0.494 e. The molecule has 0 aliphatic carbocycles. The maximum absolute atomic E-state index is 13.1. The van der Waals surface area contributed by atoms with E-state index in [0.29, 0.717) is 17.0 Å². The summed E-state index contributed by atoms with van der Waals surface area (Å²) in [4.78, 5) is 12.2. The standard InChI is InChI=1S/C17H15FN2O3/c1-11(23-14-5-3-4-12(8-14)10-19)17(21)20-15-7-6-13(18)9-16(15)22-2/h3-9,11H,1-2H3,(H,20,21). The number of methoxy groups -OCH3 is 1. The van der Waals surface area contributed by atoms with Gasteiger partial charge in [0.1, 0.15) is 17.3 Å². The van der Waals surface area contributed by atoms with Crippen LogP contribution in [0.3, 0.4) is 0 Å². The zero-order chi connectivity index (χ0) is 16.8. The molecule has 2 aromatic carbocycles. The van der Waals surface area contributed by atoms with Gasteiger partial charge in [-0.2, -0.15) is 5.26 Å². The molecule has 0 spiro atoms. The van der Waals surface area contributed by atoms with Crippen LogP contribution in [-0.4, -0.2) is 19.1 Å². The number of halogens is 1. The molecule has 118 valence electrons. The van der Waals surface area contributed by atoms with Crippen molar-refractivity contribution in [2.45, 2.75) is 13.0 Å². The molecule has 2 rings (SSSR count). The van der Waals surface area contributed by atoms with Gasteiger partial charge in [-0.25, -0.2) is 4.39 Å². The van der Waals surface area contributed by atoms with E-state index < -0.39 is 17.8 Å². The summed E-state index contributed by atoms with van der Waals surface area (Å²) < 4.78 is 23.7. The highest BCUT2D eigenvalue weighted by molar-refractivity contribution is 5.95. The first-order valence-corrected chi connectivity index (χ1v) is 6.84. The number of rotatable bonds is 5. The lowest BCUT2D eigenvalue weighted by Crippen LogP contribution is -2.30. The van der Waals surface area contributed by atoms with Crippen molar-refractivity contribution < 1.29 is 18.7 Å². The van der Waals surface area contributed by atoms with Crippen LogP contribution in [0.1, 0.15) is 12.5 Å². The molecule has 0 fully saturated rings. The number of benzene rings is 2. The summed E-state index contributed by atoms with van der Waals surface area (Å²) in [6.45, 7) is 1.57. The Morgan fingerprint density at radius 3 is 2.78 bits per heavy atom. The summed E-state index contributed by atoms with van der Waals surface area (Å²) in [6.07, 6.45) is -0.807. The van der Waals surface area contributed by atoms with E-state index in [9.17, 15) is 9.18 Å². The predicted octanol–water partition coefficient (Wildman–Crippen LogP) is 3.11. The van der Waals surface area contributed by atoms with E-state index in [-0.39, 0.29) is 5.75 Å². The van der Waals surface area contributed by atoms with Gasteiger partial charge in [0.15, 0.2) is 6.10 Å². The number of nitrogens with zero attached hydrogens (tertiary/aromatic N) is 1. The third kappa shape index (κ3) is 4.20. The SMILES string of the molecule is COc1cc(F)ccc1NC(=O)C(C)Oc1cccc(C#N)c1. The maximum Gasteiger partial charge on any atom is 0.265 e. The van der Waals surface area contributed by atoms with Gasteiger partial charge in [-0.05, 0) is 37.3 Å². The van der Waals surface area contributed by atoms with Crippen molar-refractivity contribution >= 4 is 11.6 Å². The lowest BCUT2D eigenvalue weighted by Gasteiger charge is -2.16. The molecular weight excluding hydrogens is 299 g/mol. The second-order valence-electron chi connectivity index (χ2n) is 4.73. The van der Waals surface area contributed by atoms with E-state index in [0.717, 1.165) is 0 Å². The van der Waals surface area contributed by atoms with Gasteiger partial charge in [0, 0.05) is 6.07 Å². The van der Waals surface area contributed by atoms with Gasteiger partial charge in [-0.3, -0.25) is 4.79 Å². The van der Waals surface area contributed by atoms with E-state index in [1.54, 1.807) is 31.2 Å². The molecule has 0 radical (unpaired) electrons. The van der Waals surface area contributed by atoms with E-state index >= 15 is 0 Å². The topological polar surface area (TPSA) is 71.3 Å². The third-order valence-electron chi connectivity index (χ3n) is 3.07. The van der Waals surface area contributed by atoms with Gasteiger partial charge in [0.2, 0.25) is 0 Å². The fourth-order valence-electron chi connectivity index (χ4n) is 1.90. The average Bonchev–Trinajstić information content (AvgIpc) is 2.56. The zero-order valence-electron chi connectivity index (χ0n) is 12.7. The van der Waals surface area contributed by atoms with Crippen LogP contribution in [-0.2, 0) is 4.79 Å². The number of nitriles is 1. The van der Waals surface area contributed by atoms with E-state index in [1.807, 2.05) is 6.07 Å². The number of amides is 1. The van der Waals surface area contributed by atoms with Crippen LogP contribution in [0.2, 0.25) is 0 Å². The highest BCUT2D eigenvalue weighted by atomic mass is 19.1. The summed E-state index contributed by atoms with van der Waals surface area (Å²) in [5.74, 6) is -0.246. The second-order valence-corrected chi connectivity index (χ2v) is 4.73. The van der Waals surface area contributed by atoms with Crippen LogP contribution in [0.4, 0.5) is 10.1 Å². The van der Waals surface area contributed by atoms with E-state index in [4.69, 9.17) is 14.7 Å². The second kappa shape index (κ2) is 7.27. The lowest BCUT2D eigenvalue weighted by molar-refractivity contribution is -0.122. The molecule has 1 amide bonds. The molecular formula is C17H15FN2O3. The average molecular weight is 314 g/mol. The van der Waals surface area contributed by atoms with Crippen LogP contribution in [0.25, 0.3) is 0 Å². The molecule has 0 saturated carbocycles. The number of nitrogens with one attached hydrogen (secondary N) is 1. The Balaban J connectivity index is 2.07. The number of hydrogen-bond donors (Lipinski definition) is 1. The summed E-state index contributed by atoms with van der Waals surface area (Å²) in [6, 6.07) is 12.3. The first-order chi connectivity index (χ1) is 11.0. The number of ether oxygens (including phenoxy) is 2. The van der Waals surface area contributed by atoms with Crippen molar-refractivity contribution in [1.82, 2.24) is 0 Å². The highest BCUT2D eigenvalue weighted by Crippen LogP contribution is 2.25. The first-order valence-electron chi connectivity index (χ1n) is 6.84. The third-order valence-corrected chi connectivity index (χ3v) is 3.07. The molecule has 0 aliphatic rings. The Morgan fingerprint density at radius 1 is 1.30 bits per heavy atom. The molecule has 0 bridgehead atoms. The number of carbonyl (C=O) groups excluding carboxylic acids is 1. The van der Waals surface area contributed by atoms with Crippen molar-refractivity contribution in [3.05, 3.63) is 53.8 Å². The van der Waals surface area contributed by atoms with Crippen LogP contribution in [0.15, 0.2) is 42.5 Å². The molecule has 0 saturated heterocycles. The van der Waals surface area contributed by atoms with Crippen LogP contribution < -0.4 is 14.8 Å². The predicted molar refractivity (Wildman–Crippen MR) is 82.8 cm³/mol. The summed E-state index contributed by atoms with van der Waals surface area (Å²) >= 11 is 0.